The maximum Gasteiger partial charge on any atom is 0.417 e. The molecule has 5 nitrogen and oxygen atoms in total. The van der Waals surface area contributed by atoms with Crippen LogP contribution in [0.3, 0.4) is 0 Å². The molecule has 3 aromatic rings. The molecule has 0 fully saturated rings. The average Bonchev–Trinajstić information content (AvgIpc) is 2.75. The van der Waals surface area contributed by atoms with Gasteiger partial charge >= 0.3 is 6.18 Å². The second-order valence-corrected chi connectivity index (χ2v) is 7.11. The molecular formula is C22H17ClF3N3O2. The van der Waals surface area contributed by atoms with Crippen molar-refractivity contribution in [1.82, 2.24) is 9.88 Å². The van der Waals surface area contributed by atoms with Gasteiger partial charge in [-0.15, -0.1) is 0 Å². The number of pyridine rings is 1. The SMILES string of the molecule is CN(Cc1cc(Cl)ccc1NC(=O)c1ccccn1)C(=O)c1ccccc1C(F)(F)F. The minimum Gasteiger partial charge on any atom is -0.337 e. The number of hydrogen-bond acceptors (Lipinski definition) is 3. The summed E-state index contributed by atoms with van der Waals surface area (Å²) in [5.41, 5.74) is -0.465. The number of halogens is 4. The lowest BCUT2D eigenvalue weighted by molar-refractivity contribution is -0.138. The standard InChI is InChI=1S/C22H17ClF3N3O2/c1-29(21(31)16-6-2-3-7-17(16)22(24,25)26)13-14-12-15(23)9-10-18(14)28-20(30)19-8-4-5-11-27-19/h2-12H,13H2,1H3,(H,28,30). The Hall–Kier alpha value is -3.39. The molecule has 0 atom stereocenters. The highest BCUT2D eigenvalue weighted by molar-refractivity contribution is 6.30. The van der Waals surface area contributed by atoms with Crippen molar-refractivity contribution in [2.75, 3.05) is 12.4 Å². The Morgan fingerprint density at radius 3 is 2.45 bits per heavy atom. The van der Waals surface area contributed by atoms with Crippen molar-refractivity contribution in [2.24, 2.45) is 0 Å². The molecular weight excluding hydrogens is 431 g/mol. The van der Waals surface area contributed by atoms with Gasteiger partial charge in [0.1, 0.15) is 5.69 Å². The number of hydrogen-bond donors (Lipinski definition) is 1. The van der Waals surface area contributed by atoms with Crippen LogP contribution in [0.2, 0.25) is 5.02 Å². The van der Waals surface area contributed by atoms with Crippen LogP contribution in [0, 0.1) is 0 Å². The van der Waals surface area contributed by atoms with Crippen molar-refractivity contribution in [3.8, 4) is 0 Å². The number of benzene rings is 2. The molecule has 0 radical (unpaired) electrons. The van der Waals surface area contributed by atoms with Gasteiger partial charge in [0.25, 0.3) is 11.8 Å². The first kappa shape index (κ1) is 22.3. The van der Waals surface area contributed by atoms with Gasteiger partial charge in [0.05, 0.1) is 11.1 Å². The summed E-state index contributed by atoms with van der Waals surface area (Å²) in [7, 11) is 1.38. The van der Waals surface area contributed by atoms with Crippen LogP contribution in [-0.4, -0.2) is 28.7 Å². The van der Waals surface area contributed by atoms with Crippen molar-refractivity contribution < 1.29 is 22.8 Å². The van der Waals surface area contributed by atoms with Gasteiger partial charge in [0, 0.05) is 30.5 Å². The molecule has 1 aromatic heterocycles. The molecule has 0 aliphatic heterocycles. The number of anilines is 1. The number of carbonyl (C=O) groups is 2. The first-order valence-corrected chi connectivity index (χ1v) is 9.47. The summed E-state index contributed by atoms with van der Waals surface area (Å²) in [6, 6.07) is 14.1. The molecule has 3 rings (SSSR count). The highest BCUT2D eigenvalue weighted by Gasteiger charge is 2.35. The number of nitrogens with zero attached hydrogens (tertiary/aromatic N) is 2. The third-order valence-corrected chi connectivity index (χ3v) is 4.67. The minimum atomic E-state index is -4.66. The maximum atomic E-state index is 13.3. The molecule has 1 heterocycles. The molecule has 1 N–H and O–H groups in total. The molecule has 0 unspecified atom stereocenters. The molecule has 0 aliphatic rings. The third-order valence-electron chi connectivity index (χ3n) is 4.43. The zero-order chi connectivity index (χ0) is 22.6. The lowest BCUT2D eigenvalue weighted by Gasteiger charge is -2.21. The Morgan fingerprint density at radius 2 is 1.77 bits per heavy atom. The summed E-state index contributed by atoms with van der Waals surface area (Å²) in [5.74, 6) is -1.28. The Balaban J connectivity index is 1.85. The van der Waals surface area contributed by atoms with Crippen LogP contribution < -0.4 is 5.32 Å². The van der Waals surface area contributed by atoms with Crippen molar-refractivity contribution in [3.63, 3.8) is 0 Å². The van der Waals surface area contributed by atoms with Crippen molar-refractivity contribution in [1.29, 1.82) is 0 Å². The van der Waals surface area contributed by atoms with Gasteiger partial charge < -0.3 is 10.2 Å². The summed E-state index contributed by atoms with van der Waals surface area (Å²) < 4.78 is 39.8. The first-order valence-electron chi connectivity index (χ1n) is 9.09. The largest absolute Gasteiger partial charge is 0.417 e. The quantitative estimate of drug-likeness (QED) is 0.579. The van der Waals surface area contributed by atoms with E-state index in [4.69, 9.17) is 11.6 Å². The van der Waals surface area contributed by atoms with Crippen LogP contribution in [0.15, 0.2) is 66.9 Å². The van der Waals surface area contributed by atoms with E-state index in [0.717, 1.165) is 17.0 Å². The van der Waals surface area contributed by atoms with Crippen LogP contribution in [0.1, 0.15) is 32.0 Å². The zero-order valence-corrected chi connectivity index (χ0v) is 17.0. The van der Waals surface area contributed by atoms with E-state index in [0.29, 0.717) is 16.3 Å². The van der Waals surface area contributed by atoms with E-state index >= 15 is 0 Å². The topological polar surface area (TPSA) is 62.3 Å². The van der Waals surface area contributed by atoms with E-state index in [2.05, 4.69) is 10.3 Å². The number of carbonyl (C=O) groups excluding carboxylic acids is 2. The lowest BCUT2D eigenvalue weighted by atomic mass is 10.1. The summed E-state index contributed by atoms with van der Waals surface area (Å²) in [6.45, 7) is -0.0799. The fourth-order valence-corrected chi connectivity index (χ4v) is 3.14. The summed E-state index contributed by atoms with van der Waals surface area (Å²) in [6.07, 6.45) is -3.19. The highest BCUT2D eigenvalue weighted by atomic mass is 35.5. The van der Waals surface area contributed by atoms with E-state index in [-0.39, 0.29) is 12.2 Å². The summed E-state index contributed by atoms with van der Waals surface area (Å²) >= 11 is 6.06. The van der Waals surface area contributed by atoms with Crippen LogP contribution in [0.4, 0.5) is 18.9 Å². The second-order valence-electron chi connectivity index (χ2n) is 6.68. The molecule has 31 heavy (non-hydrogen) atoms. The Labute approximate surface area is 181 Å². The molecule has 0 saturated carbocycles. The zero-order valence-electron chi connectivity index (χ0n) is 16.3. The van der Waals surface area contributed by atoms with Crippen LogP contribution in [0.5, 0.6) is 0 Å². The second kappa shape index (κ2) is 9.18. The molecule has 0 spiro atoms. The predicted molar refractivity (Wildman–Crippen MR) is 111 cm³/mol. The summed E-state index contributed by atoms with van der Waals surface area (Å²) in [5, 5.41) is 3.05. The van der Waals surface area contributed by atoms with Gasteiger partial charge in [0.2, 0.25) is 0 Å². The fourth-order valence-electron chi connectivity index (χ4n) is 2.95. The molecule has 0 bridgehead atoms. The number of amides is 2. The van der Waals surface area contributed by atoms with Gasteiger partial charge in [-0.3, -0.25) is 14.6 Å². The average molecular weight is 448 g/mol. The van der Waals surface area contributed by atoms with E-state index in [1.54, 1.807) is 24.3 Å². The van der Waals surface area contributed by atoms with Crippen molar-refractivity contribution in [3.05, 3.63) is 94.3 Å². The lowest BCUT2D eigenvalue weighted by Crippen LogP contribution is -2.29. The van der Waals surface area contributed by atoms with E-state index < -0.39 is 29.1 Å². The molecule has 160 valence electrons. The number of alkyl halides is 3. The van der Waals surface area contributed by atoms with Gasteiger partial charge in [-0.05, 0) is 48.0 Å². The van der Waals surface area contributed by atoms with Gasteiger partial charge in [-0.1, -0.05) is 29.8 Å². The number of rotatable bonds is 5. The first-order chi connectivity index (χ1) is 14.7. The molecule has 0 saturated heterocycles. The molecule has 2 aromatic carbocycles. The van der Waals surface area contributed by atoms with Crippen LogP contribution in [-0.2, 0) is 12.7 Å². The monoisotopic (exact) mass is 447 g/mol. The van der Waals surface area contributed by atoms with Crippen LogP contribution >= 0.6 is 11.6 Å². The number of nitrogens with one attached hydrogen (secondary N) is 1. The smallest absolute Gasteiger partial charge is 0.337 e. The predicted octanol–water partition coefficient (Wildman–Crippen LogP) is 5.28. The Morgan fingerprint density at radius 1 is 1.06 bits per heavy atom. The molecule has 0 aliphatic carbocycles. The maximum absolute atomic E-state index is 13.3. The normalized spacial score (nSPS) is 11.1. The Kier molecular flexibility index (Phi) is 6.60. The number of aromatic nitrogens is 1. The molecule has 2 amide bonds. The summed E-state index contributed by atoms with van der Waals surface area (Å²) in [4.78, 5) is 30.3. The van der Waals surface area contributed by atoms with Gasteiger partial charge in [0.15, 0.2) is 0 Å². The minimum absolute atomic E-state index is 0.0799. The Bertz CT molecular complexity index is 1100. The van der Waals surface area contributed by atoms with E-state index in [1.165, 1.54) is 37.5 Å². The fraction of sp³-hybridized carbons (Fsp3) is 0.136. The third kappa shape index (κ3) is 5.40. The molecule has 9 heteroatoms. The van der Waals surface area contributed by atoms with Crippen LogP contribution in [0.25, 0.3) is 0 Å². The van der Waals surface area contributed by atoms with Crippen molar-refractivity contribution >= 4 is 29.1 Å². The van der Waals surface area contributed by atoms with E-state index in [9.17, 15) is 22.8 Å². The van der Waals surface area contributed by atoms with Crippen molar-refractivity contribution in [2.45, 2.75) is 12.7 Å². The van der Waals surface area contributed by atoms with Gasteiger partial charge in [-0.25, -0.2) is 0 Å². The highest BCUT2D eigenvalue weighted by Crippen LogP contribution is 2.32. The van der Waals surface area contributed by atoms with Gasteiger partial charge in [-0.2, -0.15) is 13.2 Å². The van der Waals surface area contributed by atoms with E-state index in [1.807, 2.05) is 0 Å².